The minimum absolute atomic E-state index is 0.0185. The van der Waals surface area contributed by atoms with Crippen LogP contribution in [0, 0.1) is 0 Å². The van der Waals surface area contributed by atoms with Crippen molar-refractivity contribution in [1.29, 1.82) is 0 Å². The molecule has 3 rings (SSSR count). The highest BCUT2D eigenvalue weighted by molar-refractivity contribution is 7.99. The van der Waals surface area contributed by atoms with E-state index in [9.17, 15) is 18.3 Å². The minimum Gasteiger partial charge on any atom is -0.507 e. The molecule has 5 heteroatoms. The van der Waals surface area contributed by atoms with Gasteiger partial charge >= 0.3 is 6.18 Å². The van der Waals surface area contributed by atoms with Gasteiger partial charge in [0.15, 0.2) is 0 Å². The van der Waals surface area contributed by atoms with Crippen molar-refractivity contribution in [2.24, 2.45) is 0 Å². The molecule has 0 aliphatic heterocycles. The molecule has 3 aromatic rings. The first-order valence-corrected chi connectivity index (χ1v) is 7.84. The molecule has 23 heavy (non-hydrogen) atoms. The van der Waals surface area contributed by atoms with Gasteiger partial charge in [0.2, 0.25) is 0 Å². The zero-order chi connectivity index (χ0) is 16.4. The molecule has 118 valence electrons. The standard InChI is InChI=1S/C18H13F3OS/c19-18(20,21)17(23-12-6-2-1-3-7-12)15-10-11-16(22)14-9-5-4-8-13(14)15/h1-11,17,22H. The van der Waals surface area contributed by atoms with Crippen molar-refractivity contribution in [3.8, 4) is 5.75 Å². The molecule has 1 atom stereocenters. The summed E-state index contributed by atoms with van der Waals surface area (Å²) >= 11 is 0.763. The summed E-state index contributed by atoms with van der Waals surface area (Å²) in [6.45, 7) is 0. The third-order valence-electron chi connectivity index (χ3n) is 3.51. The topological polar surface area (TPSA) is 20.2 Å². The second kappa shape index (κ2) is 6.16. The van der Waals surface area contributed by atoms with E-state index >= 15 is 0 Å². The molecule has 0 aliphatic rings. The number of hydrogen-bond acceptors (Lipinski definition) is 2. The van der Waals surface area contributed by atoms with Crippen molar-refractivity contribution in [3.05, 3.63) is 72.3 Å². The Kier molecular flexibility index (Phi) is 4.22. The predicted octanol–water partition coefficient (Wildman–Crippen LogP) is 5.94. The number of fused-ring (bicyclic) bond motifs is 1. The maximum atomic E-state index is 13.6. The summed E-state index contributed by atoms with van der Waals surface area (Å²) in [6.07, 6.45) is -4.40. The summed E-state index contributed by atoms with van der Waals surface area (Å²) in [5, 5.41) is 9.02. The van der Waals surface area contributed by atoms with Gasteiger partial charge in [0.1, 0.15) is 11.0 Å². The lowest BCUT2D eigenvalue weighted by Crippen LogP contribution is -2.18. The molecular weight excluding hydrogens is 321 g/mol. The molecule has 0 saturated heterocycles. The van der Waals surface area contributed by atoms with Gasteiger partial charge < -0.3 is 5.11 Å². The first-order valence-electron chi connectivity index (χ1n) is 6.96. The summed E-state index contributed by atoms with van der Waals surface area (Å²) in [4.78, 5) is 0.548. The van der Waals surface area contributed by atoms with Crippen molar-refractivity contribution in [2.75, 3.05) is 0 Å². The molecule has 1 nitrogen and oxygen atoms in total. The van der Waals surface area contributed by atoms with E-state index in [4.69, 9.17) is 0 Å². The third-order valence-corrected chi connectivity index (χ3v) is 4.81. The molecule has 3 aromatic carbocycles. The van der Waals surface area contributed by atoms with Crippen LogP contribution < -0.4 is 0 Å². The summed E-state index contributed by atoms with van der Waals surface area (Å²) in [6, 6.07) is 17.8. The lowest BCUT2D eigenvalue weighted by atomic mass is 10.0. The highest BCUT2D eigenvalue weighted by Crippen LogP contribution is 2.49. The fourth-order valence-electron chi connectivity index (χ4n) is 2.48. The van der Waals surface area contributed by atoms with E-state index in [-0.39, 0.29) is 11.3 Å². The van der Waals surface area contributed by atoms with Gasteiger partial charge in [-0.1, -0.05) is 48.5 Å². The lowest BCUT2D eigenvalue weighted by Gasteiger charge is -2.22. The molecule has 0 amide bonds. The number of halogens is 3. The smallest absolute Gasteiger partial charge is 0.404 e. The number of benzene rings is 3. The number of phenols is 1. The predicted molar refractivity (Wildman–Crippen MR) is 86.7 cm³/mol. The fraction of sp³-hybridized carbons (Fsp3) is 0.111. The second-order valence-corrected chi connectivity index (χ2v) is 6.25. The first kappa shape index (κ1) is 15.7. The largest absolute Gasteiger partial charge is 0.507 e. The lowest BCUT2D eigenvalue weighted by molar-refractivity contribution is -0.129. The van der Waals surface area contributed by atoms with Gasteiger partial charge in [0.25, 0.3) is 0 Å². The monoisotopic (exact) mass is 334 g/mol. The Morgan fingerprint density at radius 1 is 0.783 bits per heavy atom. The SMILES string of the molecule is Oc1ccc(C(Sc2ccccc2)C(F)(F)F)c2ccccc12. The summed E-state index contributed by atoms with van der Waals surface area (Å²) < 4.78 is 40.9. The Balaban J connectivity index is 2.13. The molecular formula is C18H13F3OS. The van der Waals surface area contributed by atoms with E-state index in [1.54, 1.807) is 54.6 Å². The minimum atomic E-state index is -4.40. The van der Waals surface area contributed by atoms with Crippen LogP contribution in [0.5, 0.6) is 5.75 Å². The van der Waals surface area contributed by atoms with Crippen molar-refractivity contribution in [3.63, 3.8) is 0 Å². The van der Waals surface area contributed by atoms with E-state index in [1.807, 2.05) is 0 Å². The molecule has 0 aromatic heterocycles. The zero-order valence-corrected chi connectivity index (χ0v) is 12.7. The van der Waals surface area contributed by atoms with Gasteiger partial charge in [-0.15, -0.1) is 11.8 Å². The van der Waals surface area contributed by atoms with Gasteiger partial charge in [-0.3, -0.25) is 0 Å². The van der Waals surface area contributed by atoms with Crippen LogP contribution in [0.1, 0.15) is 10.8 Å². The number of rotatable bonds is 3. The highest BCUT2D eigenvalue weighted by atomic mass is 32.2. The fourth-order valence-corrected chi connectivity index (χ4v) is 3.53. The molecule has 1 N–H and O–H groups in total. The van der Waals surface area contributed by atoms with Crippen LogP contribution >= 0.6 is 11.8 Å². The maximum absolute atomic E-state index is 13.6. The molecule has 0 saturated carbocycles. The molecule has 0 fully saturated rings. The van der Waals surface area contributed by atoms with Crippen LogP contribution in [0.3, 0.4) is 0 Å². The van der Waals surface area contributed by atoms with E-state index < -0.39 is 11.4 Å². The Morgan fingerprint density at radius 2 is 1.39 bits per heavy atom. The van der Waals surface area contributed by atoms with Crippen LogP contribution in [0.2, 0.25) is 0 Å². The van der Waals surface area contributed by atoms with Crippen LogP contribution in [0.25, 0.3) is 10.8 Å². The molecule has 0 heterocycles. The third kappa shape index (κ3) is 3.29. The molecule has 0 bridgehead atoms. The van der Waals surface area contributed by atoms with E-state index in [0.29, 0.717) is 15.7 Å². The summed E-state index contributed by atoms with van der Waals surface area (Å²) in [5.41, 5.74) is 0.153. The van der Waals surface area contributed by atoms with Gasteiger partial charge in [0.05, 0.1) is 0 Å². The van der Waals surface area contributed by atoms with Crippen molar-refractivity contribution in [2.45, 2.75) is 16.3 Å². The molecule has 0 aliphatic carbocycles. The number of aromatic hydroxyl groups is 1. The number of thioether (sulfide) groups is 1. The van der Waals surface area contributed by atoms with Crippen molar-refractivity contribution in [1.82, 2.24) is 0 Å². The van der Waals surface area contributed by atoms with E-state index in [2.05, 4.69) is 0 Å². The van der Waals surface area contributed by atoms with Crippen molar-refractivity contribution >= 4 is 22.5 Å². The van der Waals surface area contributed by atoms with E-state index in [0.717, 1.165) is 11.8 Å². The average Bonchev–Trinajstić information content (AvgIpc) is 2.54. The van der Waals surface area contributed by atoms with Crippen molar-refractivity contribution < 1.29 is 18.3 Å². The number of phenolic OH excluding ortho intramolecular Hbond substituents is 1. The molecule has 0 radical (unpaired) electrons. The number of hydrogen-bond donors (Lipinski definition) is 1. The normalized spacial score (nSPS) is 13.2. The summed E-state index contributed by atoms with van der Waals surface area (Å²) in [7, 11) is 0. The Labute approximate surface area is 135 Å². The Hall–Kier alpha value is -2.14. The van der Waals surface area contributed by atoms with Crippen LogP contribution in [-0.2, 0) is 0 Å². The molecule has 0 spiro atoms. The van der Waals surface area contributed by atoms with Gasteiger partial charge in [0, 0.05) is 10.3 Å². The quantitative estimate of drug-likeness (QED) is 0.598. The zero-order valence-electron chi connectivity index (χ0n) is 11.9. The first-order chi connectivity index (χ1) is 11.0. The van der Waals surface area contributed by atoms with Crippen LogP contribution in [-0.4, -0.2) is 11.3 Å². The second-order valence-electron chi connectivity index (χ2n) is 5.07. The van der Waals surface area contributed by atoms with Gasteiger partial charge in [-0.2, -0.15) is 13.2 Å². The number of alkyl halides is 3. The summed E-state index contributed by atoms with van der Waals surface area (Å²) in [5.74, 6) is -0.0185. The highest BCUT2D eigenvalue weighted by Gasteiger charge is 2.42. The van der Waals surface area contributed by atoms with Gasteiger partial charge in [-0.25, -0.2) is 0 Å². The van der Waals surface area contributed by atoms with Crippen LogP contribution in [0.15, 0.2) is 71.6 Å². The molecule has 1 unspecified atom stereocenters. The van der Waals surface area contributed by atoms with Crippen LogP contribution in [0.4, 0.5) is 13.2 Å². The maximum Gasteiger partial charge on any atom is 0.404 e. The van der Waals surface area contributed by atoms with Gasteiger partial charge in [-0.05, 0) is 29.1 Å². The Morgan fingerprint density at radius 3 is 2.04 bits per heavy atom. The van der Waals surface area contributed by atoms with E-state index in [1.165, 1.54) is 12.1 Å². The Bertz CT molecular complexity index is 815. The average molecular weight is 334 g/mol.